The fourth-order valence-corrected chi connectivity index (χ4v) is 1.73. The summed E-state index contributed by atoms with van der Waals surface area (Å²) in [5.74, 6) is 0. The van der Waals surface area contributed by atoms with Crippen LogP contribution in [0.1, 0.15) is 0 Å². The zero-order chi connectivity index (χ0) is 8.18. The Morgan fingerprint density at radius 3 is 1.60 bits per heavy atom. The third kappa shape index (κ3) is 0.572. The molecule has 3 nitrogen and oxygen atoms in total. The van der Waals surface area contributed by atoms with Crippen molar-refractivity contribution in [2.24, 2.45) is 0 Å². The normalized spacial score (nSPS) is 32.5. The van der Waals surface area contributed by atoms with Crippen LogP contribution in [0.15, 0.2) is 0 Å². The Kier molecular flexibility index (Phi) is 1.06. The van der Waals surface area contributed by atoms with Crippen molar-refractivity contribution in [3.8, 4) is 0 Å². The van der Waals surface area contributed by atoms with Crippen LogP contribution in [-0.2, 0) is 0 Å². The van der Waals surface area contributed by atoms with Gasteiger partial charge >= 0.3 is 54.7 Å². The molecule has 60 valence electrons. The van der Waals surface area contributed by atoms with Crippen molar-refractivity contribution >= 4 is 13.9 Å². The standard InChI is InChI=1S/C3H6F3N2OP/c1-7-3(9)8(2)10(7,4,5)6/h1-2H3. The van der Waals surface area contributed by atoms with Crippen LogP contribution in [0.2, 0.25) is 0 Å². The van der Waals surface area contributed by atoms with Crippen LogP contribution in [0.5, 0.6) is 0 Å². The summed E-state index contributed by atoms with van der Waals surface area (Å²) in [6, 6.07) is -0.981. The predicted molar refractivity (Wildman–Crippen MR) is 31.2 cm³/mol. The number of carbonyl (C=O) groups excluding carboxylic acids is 1. The van der Waals surface area contributed by atoms with Crippen LogP contribution in [0, 0.1) is 0 Å². The first-order valence-electron chi connectivity index (χ1n) is 2.45. The van der Waals surface area contributed by atoms with Gasteiger partial charge in [0.05, 0.1) is 0 Å². The molecule has 0 aromatic rings. The van der Waals surface area contributed by atoms with Gasteiger partial charge in [0.1, 0.15) is 0 Å². The molecule has 2 amide bonds. The number of carbonyl (C=O) groups is 1. The average Bonchev–Trinajstić information content (AvgIpc) is 1.82. The van der Waals surface area contributed by atoms with Gasteiger partial charge in [0.2, 0.25) is 0 Å². The van der Waals surface area contributed by atoms with Crippen LogP contribution in [0.3, 0.4) is 0 Å². The van der Waals surface area contributed by atoms with E-state index in [9.17, 15) is 17.4 Å². The molecule has 0 N–H and O–H groups in total. The Morgan fingerprint density at radius 2 is 1.50 bits per heavy atom. The van der Waals surface area contributed by atoms with Crippen molar-refractivity contribution in [2.45, 2.75) is 0 Å². The van der Waals surface area contributed by atoms with Gasteiger partial charge in [0.25, 0.3) is 0 Å². The van der Waals surface area contributed by atoms with E-state index in [0.717, 1.165) is 14.1 Å². The number of urea groups is 1. The van der Waals surface area contributed by atoms with Gasteiger partial charge in [-0.1, -0.05) is 0 Å². The van der Waals surface area contributed by atoms with E-state index in [4.69, 9.17) is 0 Å². The summed E-state index contributed by atoms with van der Waals surface area (Å²) in [5, 5.41) is 0. The zero-order valence-corrected chi connectivity index (χ0v) is 6.28. The molecule has 1 aliphatic rings. The van der Waals surface area contributed by atoms with Crippen LogP contribution < -0.4 is 0 Å². The Hall–Kier alpha value is -0.510. The average molecular weight is 174 g/mol. The molecular formula is C3H6F3N2OP. The van der Waals surface area contributed by atoms with Gasteiger partial charge in [0, 0.05) is 0 Å². The molecule has 0 aliphatic carbocycles. The van der Waals surface area contributed by atoms with E-state index in [1.807, 2.05) is 0 Å². The summed E-state index contributed by atoms with van der Waals surface area (Å²) in [6.07, 6.45) is 0. The quantitative estimate of drug-likeness (QED) is 0.515. The van der Waals surface area contributed by atoms with E-state index >= 15 is 0 Å². The molecule has 1 rings (SSSR count). The van der Waals surface area contributed by atoms with E-state index in [1.165, 1.54) is 0 Å². The monoisotopic (exact) mass is 174 g/mol. The maximum absolute atomic E-state index is 12.4. The van der Waals surface area contributed by atoms with E-state index in [0.29, 0.717) is 0 Å². The molecular weight excluding hydrogens is 168 g/mol. The number of halogens is 3. The molecule has 10 heavy (non-hydrogen) atoms. The minimum absolute atomic E-state index is 0.133. The van der Waals surface area contributed by atoms with Crippen LogP contribution >= 0.6 is 7.84 Å². The summed E-state index contributed by atoms with van der Waals surface area (Å²) in [4.78, 5) is 10.3. The number of amides is 2. The predicted octanol–water partition coefficient (Wildman–Crippen LogP) is 2.02. The van der Waals surface area contributed by atoms with Crippen molar-refractivity contribution in [1.29, 1.82) is 0 Å². The SMILES string of the molecule is CN1C(=O)N(C)P1(F)(F)F. The second-order valence-electron chi connectivity index (χ2n) is 2.06. The molecule has 0 radical (unpaired) electrons. The van der Waals surface area contributed by atoms with Gasteiger partial charge < -0.3 is 0 Å². The van der Waals surface area contributed by atoms with Crippen molar-refractivity contribution in [3.63, 3.8) is 0 Å². The van der Waals surface area contributed by atoms with E-state index in [1.54, 1.807) is 0 Å². The summed E-state index contributed by atoms with van der Waals surface area (Å²) in [7, 11) is -4.86. The molecule has 0 unspecified atom stereocenters. The van der Waals surface area contributed by atoms with Crippen molar-refractivity contribution in [2.75, 3.05) is 14.1 Å². The van der Waals surface area contributed by atoms with Crippen LogP contribution in [-0.4, -0.2) is 29.5 Å². The van der Waals surface area contributed by atoms with Gasteiger partial charge in [-0.3, -0.25) is 0 Å². The maximum atomic E-state index is 12.4. The zero-order valence-electron chi connectivity index (χ0n) is 5.38. The first-order chi connectivity index (χ1) is 4.26. The Labute approximate surface area is 55.8 Å². The molecule has 0 aromatic carbocycles. The fraction of sp³-hybridized carbons (Fsp3) is 0.667. The Bertz CT molecular complexity index is 184. The molecule has 0 aromatic heterocycles. The van der Waals surface area contributed by atoms with Gasteiger partial charge in [-0.2, -0.15) is 0 Å². The molecule has 0 atom stereocenters. The first kappa shape index (κ1) is 7.60. The molecule has 1 saturated heterocycles. The third-order valence-corrected chi connectivity index (χ3v) is 3.74. The van der Waals surface area contributed by atoms with Gasteiger partial charge in [-0.25, -0.2) is 0 Å². The third-order valence-electron chi connectivity index (χ3n) is 1.50. The summed E-state index contributed by atoms with van der Waals surface area (Å²) < 4.78 is 36.8. The number of hydrogen-bond donors (Lipinski definition) is 0. The topological polar surface area (TPSA) is 23.6 Å². The van der Waals surface area contributed by atoms with Crippen molar-refractivity contribution in [1.82, 2.24) is 9.34 Å². The van der Waals surface area contributed by atoms with Gasteiger partial charge in [0.15, 0.2) is 0 Å². The van der Waals surface area contributed by atoms with Gasteiger partial charge in [-0.05, 0) is 0 Å². The Morgan fingerprint density at radius 1 is 1.20 bits per heavy atom. The molecule has 0 spiro atoms. The van der Waals surface area contributed by atoms with Crippen molar-refractivity contribution in [3.05, 3.63) is 0 Å². The second kappa shape index (κ2) is 1.39. The van der Waals surface area contributed by atoms with E-state index < -0.39 is 13.9 Å². The first-order valence-corrected chi connectivity index (χ1v) is 4.27. The number of hydrogen-bond acceptors (Lipinski definition) is 1. The summed E-state index contributed by atoms with van der Waals surface area (Å²) >= 11 is 0. The second-order valence-corrected chi connectivity index (χ2v) is 4.73. The van der Waals surface area contributed by atoms with Crippen LogP contribution in [0.4, 0.5) is 17.4 Å². The number of rotatable bonds is 0. The minimum atomic E-state index is -6.36. The summed E-state index contributed by atoms with van der Waals surface area (Å²) in [6.45, 7) is 0. The van der Waals surface area contributed by atoms with E-state index in [2.05, 4.69) is 0 Å². The molecule has 7 heteroatoms. The van der Waals surface area contributed by atoms with Crippen molar-refractivity contribution < 1.29 is 17.4 Å². The molecule has 0 saturated carbocycles. The van der Waals surface area contributed by atoms with Crippen LogP contribution in [0.25, 0.3) is 0 Å². The molecule has 1 aliphatic heterocycles. The molecule has 1 fully saturated rings. The fourth-order valence-electron chi connectivity index (χ4n) is 0.644. The van der Waals surface area contributed by atoms with Gasteiger partial charge in [-0.15, -0.1) is 0 Å². The molecule has 0 bridgehead atoms. The molecule has 1 heterocycles. The number of nitrogens with zero attached hydrogens (tertiary/aromatic N) is 2. The van der Waals surface area contributed by atoms with E-state index in [-0.39, 0.29) is 9.34 Å². The Balaban J connectivity index is 2.96. The summed E-state index contributed by atoms with van der Waals surface area (Å²) in [5.41, 5.74) is 0.